The van der Waals surface area contributed by atoms with Gasteiger partial charge in [0.15, 0.2) is 0 Å². The second-order valence-corrected chi connectivity index (χ2v) is 4.14. The molecule has 0 amide bonds. The Morgan fingerprint density at radius 2 is 1.67 bits per heavy atom. The molecule has 0 unspecified atom stereocenters. The Morgan fingerprint density at radius 3 is 2.25 bits per heavy atom. The summed E-state index contributed by atoms with van der Waals surface area (Å²) in [4.78, 5) is 0. The van der Waals surface area contributed by atoms with Crippen molar-refractivity contribution >= 4 is 11.8 Å². The van der Waals surface area contributed by atoms with Crippen molar-refractivity contribution in [2.45, 2.75) is 39.0 Å². The molecule has 0 rings (SSSR count). The highest BCUT2D eigenvalue weighted by molar-refractivity contribution is 7.98. The summed E-state index contributed by atoms with van der Waals surface area (Å²) in [6.07, 6.45) is 8.93. The first-order valence-electron chi connectivity index (χ1n) is 5.11. The van der Waals surface area contributed by atoms with E-state index in [0.717, 1.165) is 0 Å². The van der Waals surface area contributed by atoms with Crippen LogP contribution in [0.4, 0.5) is 0 Å². The third-order valence-corrected chi connectivity index (χ3v) is 2.61. The predicted octanol–water partition coefficient (Wildman–Crippen LogP) is 2.91. The van der Waals surface area contributed by atoms with Gasteiger partial charge in [-0.3, -0.25) is 0 Å². The largest absolute Gasteiger partial charge is 0.317 e. The molecule has 0 aliphatic heterocycles. The first-order chi connectivity index (χ1) is 5.91. The summed E-state index contributed by atoms with van der Waals surface area (Å²) in [5.74, 6) is 1.32. The zero-order valence-electron chi connectivity index (χ0n) is 8.57. The maximum Gasteiger partial charge on any atom is -0.00486 e. The molecule has 0 aliphatic rings. The molecule has 0 aromatic heterocycles. The molecule has 0 heterocycles. The van der Waals surface area contributed by atoms with Crippen LogP contribution in [0.3, 0.4) is 0 Å². The molecular formula is C10H23NS. The normalized spacial score (nSPS) is 10.5. The summed E-state index contributed by atoms with van der Waals surface area (Å²) in [5, 5.41) is 3.47. The van der Waals surface area contributed by atoms with Gasteiger partial charge in [-0.15, -0.1) is 0 Å². The molecule has 0 saturated carbocycles. The van der Waals surface area contributed by atoms with Gasteiger partial charge in [0.25, 0.3) is 0 Å². The van der Waals surface area contributed by atoms with Gasteiger partial charge < -0.3 is 5.32 Å². The minimum Gasteiger partial charge on any atom is -0.317 e. The molecule has 74 valence electrons. The Bertz CT molecular complexity index is 66.2. The molecular weight excluding hydrogens is 166 g/mol. The van der Waals surface area contributed by atoms with E-state index in [0.29, 0.717) is 0 Å². The predicted molar refractivity (Wildman–Crippen MR) is 60.0 cm³/mol. The number of hydrogen-bond donors (Lipinski definition) is 1. The van der Waals surface area contributed by atoms with E-state index in [9.17, 15) is 0 Å². The molecule has 0 aromatic rings. The van der Waals surface area contributed by atoms with E-state index in [1.165, 1.54) is 50.9 Å². The van der Waals surface area contributed by atoms with Crippen LogP contribution in [0.25, 0.3) is 0 Å². The molecule has 0 bridgehead atoms. The fourth-order valence-electron chi connectivity index (χ4n) is 1.12. The van der Waals surface area contributed by atoms with Crippen LogP contribution in [0.2, 0.25) is 0 Å². The molecule has 0 spiro atoms. The van der Waals surface area contributed by atoms with Crippen LogP contribution in [0.1, 0.15) is 39.0 Å². The highest BCUT2D eigenvalue weighted by Gasteiger charge is 1.88. The van der Waals surface area contributed by atoms with Crippen LogP contribution in [-0.4, -0.2) is 25.1 Å². The molecule has 2 heteroatoms. The van der Waals surface area contributed by atoms with Crippen molar-refractivity contribution in [3.05, 3.63) is 0 Å². The van der Waals surface area contributed by atoms with Gasteiger partial charge in [0.1, 0.15) is 0 Å². The van der Waals surface area contributed by atoms with Crippen LogP contribution in [0.5, 0.6) is 0 Å². The van der Waals surface area contributed by atoms with Crippen LogP contribution < -0.4 is 5.32 Å². The first-order valence-corrected chi connectivity index (χ1v) is 6.50. The number of unbranched alkanes of at least 4 members (excludes halogenated alkanes) is 3. The molecule has 0 aliphatic carbocycles. The third kappa shape index (κ3) is 10.3. The zero-order chi connectivity index (χ0) is 9.07. The van der Waals surface area contributed by atoms with Crippen LogP contribution >= 0.6 is 11.8 Å². The third-order valence-electron chi connectivity index (χ3n) is 1.91. The van der Waals surface area contributed by atoms with Gasteiger partial charge in [-0.2, -0.15) is 11.8 Å². The Labute approximate surface area is 81.7 Å². The Balaban J connectivity index is 2.73. The molecule has 0 saturated heterocycles. The van der Waals surface area contributed by atoms with E-state index in [2.05, 4.69) is 18.5 Å². The van der Waals surface area contributed by atoms with E-state index < -0.39 is 0 Å². The van der Waals surface area contributed by atoms with Crippen molar-refractivity contribution in [3.63, 3.8) is 0 Å². The van der Waals surface area contributed by atoms with E-state index >= 15 is 0 Å². The summed E-state index contributed by atoms with van der Waals surface area (Å²) in [6.45, 7) is 4.68. The molecule has 12 heavy (non-hydrogen) atoms. The van der Waals surface area contributed by atoms with Gasteiger partial charge in [-0.1, -0.05) is 19.8 Å². The average molecular weight is 189 g/mol. The molecule has 1 nitrogen and oxygen atoms in total. The minimum atomic E-state index is 1.21. The number of nitrogens with one attached hydrogen (secondary N) is 1. The smallest absolute Gasteiger partial charge is 0.00486 e. The lowest BCUT2D eigenvalue weighted by Crippen LogP contribution is -2.16. The van der Waals surface area contributed by atoms with Crippen LogP contribution in [-0.2, 0) is 0 Å². The second-order valence-electron chi connectivity index (χ2n) is 3.16. The fraction of sp³-hybridized carbons (Fsp3) is 1.00. The quantitative estimate of drug-likeness (QED) is 0.560. The van der Waals surface area contributed by atoms with E-state index in [-0.39, 0.29) is 0 Å². The molecule has 1 N–H and O–H groups in total. The lowest BCUT2D eigenvalue weighted by molar-refractivity contribution is 0.596. The highest BCUT2D eigenvalue weighted by atomic mass is 32.2. The number of thioether (sulfide) groups is 1. The SMILES string of the molecule is CCCCCNCCCCSC. The summed E-state index contributed by atoms with van der Waals surface area (Å²) in [6, 6.07) is 0. The number of hydrogen-bond acceptors (Lipinski definition) is 2. The summed E-state index contributed by atoms with van der Waals surface area (Å²) < 4.78 is 0. The lowest BCUT2D eigenvalue weighted by atomic mass is 10.2. The van der Waals surface area contributed by atoms with Crippen LogP contribution in [0, 0.1) is 0 Å². The highest BCUT2D eigenvalue weighted by Crippen LogP contribution is 1.98. The second kappa shape index (κ2) is 11.3. The number of rotatable bonds is 9. The minimum absolute atomic E-state index is 1.21. The Kier molecular flexibility index (Phi) is 11.6. The van der Waals surface area contributed by atoms with Gasteiger partial charge in [-0.05, 0) is 44.4 Å². The lowest BCUT2D eigenvalue weighted by Gasteiger charge is -2.02. The monoisotopic (exact) mass is 189 g/mol. The van der Waals surface area contributed by atoms with Crippen LogP contribution in [0.15, 0.2) is 0 Å². The summed E-state index contributed by atoms with van der Waals surface area (Å²) in [5.41, 5.74) is 0. The maximum atomic E-state index is 3.47. The standard InChI is InChI=1S/C10H23NS/c1-3-4-5-8-11-9-6-7-10-12-2/h11H,3-10H2,1-2H3. The van der Waals surface area contributed by atoms with E-state index in [1.807, 2.05) is 11.8 Å². The first kappa shape index (κ1) is 12.3. The zero-order valence-corrected chi connectivity index (χ0v) is 9.38. The van der Waals surface area contributed by atoms with Gasteiger partial charge in [0.05, 0.1) is 0 Å². The van der Waals surface area contributed by atoms with Gasteiger partial charge in [-0.25, -0.2) is 0 Å². The molecule has 0 fully saturated rings. The van der Waals surface area contributed by atoms with Crippen molar-refractivity contribution in [2.75, 3.05) is 25.1 Å². The Morgan fingerprint density at radius 1 is 1.00 bits per heavy atom. The average Bonchev–Trinajstić information content (AvgIpc) is 2.10. The van der Waals surface area contributed by atoms with Crippen molar-refractivity contribution in [2.24, 2.45) is 0 Å². The van der Waals surface area contributed by atoms with Gasteiger partial charge >= 0.3 is 0 Å². The summed E-state index contributed by atoms with van der Waals surface area (Å²) >= 11 is 1.95. The van der Waals surface area contributed by atoms with Crippen molar-refractivity contribution in [1.29, 1.82) is 0 Å². The molecule has 0 radical (unpaired) electrons. The van der Waals surface area contributed by atoms with Crippen molar-refractivity contribution in [1.82, 2.24) is 5.32 Å². The fourth-order valence-corrected chi connectivity index (χ4v) is 1.61. The van der Waals surface area contributed by atoms with E-state index in [4.69, 9.17) is 0 Å². The summed E-state index contributed by atoms with van der Waals surface area (Å²) in [7, 11) is 0. The van der Waals surface area contributed by atoms with Crippen molar-refractivity contribution < 1.29 is 0 Å². The molecule has 0 aromatic carbocycles. The van der Waals surface area contributed by atoms with Gasteiger partial charge in [0, 0.05) is 0 Å². The molecule has 0 atom stereocenters. The van der Waals surface area contributed by atoms with Crippen molar-refractivity contribution in [3.8, 4) is 0 Å². The Hall–Kier alpha value is 0.310. The topological polar surface area (TPSA) is 12.0 Å². The maximum absolute atomic E-state index is 3.47. The van der Waals surface area contributed by atoms with E-state index in [1.54, 1.807) is 0 Å². The van der Waals surface area contributed by atoms with Gasteiger partial charge in [0.2, 0.25) is 0 Å².